The van der Waals surface area contributed by atoms with Gasteiger partial charge in [-0.2, -0.15) is 0 Å². The van der Waals surface area contributed by atoms with Crippen molar-refractivity contribution in [1.29, 1.82) is 0 Å². The molecule has 0 aromatic heterocycles. The highest BCUT2D eigenvalue weighted by Gasteiger charge is 2.36. The van der Waals surface area contributed by atoms with E-state index in [-0.39, 0.29) is 11.8 Å². The summed E-state index contributed by atoms with van der Waals surface area (Å²) < 4.78 is 5.30. The fourth-order valence-corrected chi connectivity index (χ4v) is 3.19. The van der Waals surface area contributed by atoms with Gasteiger partial charge < -0.3 is 15.4 Å². The number of hydrogen-bond donors (Lipinski definition) is 2. The van der Waals surface area contributed by atoms with Crippen LogP contribution in [-0.4, -0.2) is 56.1 Å². The molecule has 1 aromatic rings. The molecular weight excluding hydrogens is 354 g/mol. The highest BCUT2D eigenvalue weighted by Crippen LogP contribution is 2.29. The Bertz CT molecular complexity index is 647. The van der Waals surface area contributed by atoms with Crippen LogP contribution in [-0.2, 0) is 14.3 Å². The molecule has 0 bridgehead atoms. The molecule has 0 radical (unpaired) electrons. The van der Waals surface area contributed by atoms with E-state index in [2.05, 4.69) is 15.5 Å². The number of benzene rings is 1. The van der Waals surface area contributed by atoms with E-state index >= 15 is 0 Å². The number of carbonyl (C=O) groups is 2. The molecule has 7 heteroatoms. The Morgan fingerprint density at radius 2 is 1.85 bits per heavy atom. The molecule has 2 amide bonds. The molecule has 0 saturated carbocycles. The Balaban J connectivity index is 1.92. The Morgan fingerprint density at radius 1 is 1.19 bits per heavy atom. The van der Waals surface area contributed by atoms with Gasteiger partial charge in [0.2, 0.25) is 11.8 Å². The molecule has 1 heterocycles. The van der Waals surface area contributed by atoms with Gasteiger partial charge in [-0.15, -0.1) is 0 Å². The van der Waals surface area contributed by atoms with Gasteiger partial charge in [0, 0.05) is 26.2 Å². The molecule has 144 valence electrons. The van der Waals surface area contributed by atoms with E-state index in [4.69, 9.17) is 16.3 Å². The van der Waals surface area contributed by atoms with Gasteiger partial charge in [-0.25, -0.2) is 0 Å². The second-order valence-corrected chi connectivity index (χ2v) is 7.63. The van der Waals surface area contributed by atoms with Crippen LogP contribution in [0.4, 0.5) is 5.69 Å². The average molecular weight is 382 g/mol. The fourth-order valence-electron chi connectivity index (χ4n) is 2.82. The normalized spacial score (nSPS) is 15.6. The van der Waals surface area contributed by atoms with E-state index < -0.39 is 5.41 Å². The summed E-state index contributed by atoms with van der Waals surface area (Å²) in [6, 6.07) is 3.73. The van der Waals surface area contributed by atoms with Crippen LogP contribution in [0.3, 0.4) is 0 Å². The molecule has 2 N–H and O–H groups in total. The molecule has 1 aromatic carbocycles. The smallest absolute Gasteiger partial charge is 0.239 e. The van der Waals surface area contributed by atoms with E-state index in [0.29, 0.717) is 17.3 Å². The summed E-state index contributed by atoms with van der Waals surface area (Å²) in [6.45, 7) is 11.5. The molecule has 1 saturated heterocycles. The first-order valence-electron chi connectivity index (χ1n) is 8.88. The Hall–Kier alpha value is -1.63. The highest BCUT2D eigenvalue weighted by atomic mass is 35.5. The van der Waals surface area contributed by atoms with Crippen LogP contribution >= 0.6 is 11.6 Å². The molecule has 6 nitrogen and oxygen atoms in total. The van der Waals surface area contributed by atoms with E-state index in [0.717, 1.165) is 44.0 Å². The van der Waals surface area contributed by atoms with Crippen molar-refractivity contribution in [3.05, 3.63) is 28.3 Å². The molecule has 1 aliphatic rings. The molecule has 0 spiro atoms. The van der Waals surface area contributed by atoms with E-state index in [1.807, 2.05) is 19.9 Å². The summed E-state index contributed by atoms with van der Waals surface area (Å²) in [5, 5.41) is 6.14. The number of carbonyl (C=O) groups excluding carboxylic acids is 2. The van der Waals surface area contributed by atoms with Crippen molar-refractivity contribution in [2.45, 2.75) is 27.7 Å². The number of anilines is 1. The molecule has 1 aliphatic heterocycles. The van der Waals surface area contributed by atoms with Crippen molar-refractivity contribution >= 4 is 29.1 Å². The second kappa shape index (κ2) is 8.84. The third-order valence-electron chi connectivity index (χ3n) is 4.62. The topological polar surface area (TPSA) is 70.7 Å². The quantitative estimate of drug-likeness (QED) is 0.742. The van der Waals surface area contributed by atoms with Crippen LogP contribution < -0.4 is 10.6 Å². The minimum Gasteiger partial charge on any atom is -0.379 e. The number of rotatable bonds is 6. The largest absolute Gasteiger partial charge is 0.379 e. The van der Waals surface area contributed by atoms with Crippen LogP contribution in [0.1, 0.15) is 25.0 Å². The van der Waals surface area contributed by atoms with Crippen molar-refractivity contribution in [2.75, 3.05) is 44.7 Å². The van der Waals surface area contributed by atoms with Gasteiger partial charge in [-0.05, 0) is 44.9 Å². The maximum atomic E-state index is 12.7. The number of hydrogen-bond acceptors (Lipinski definition) is 4. The molecule has 0 aliphatic carbocycles. The lowest BCUT2D eigenvalue weighted by Gasteiger charge is -2.28. The predicted molar refractivity (Wildman–Crippen MR) is 104 cm³/mol. The summed E-state index contributed by atoms with van der Waals surface area (Å²) in [6.07, 6.45) is 0. The first-order chi connectivity index (χ1) is 12.2. The lowest BCUT2D eigenvalue weighted by atomic mass is 9.90. The van der Waals surface area contributed by atoms with Gasteiger partial charge in [0.1, 0.15) is 5.41 Å². The first-order valence-corrected chi connectivity index (χ1v) is 9.26. The number of nitrogens with zero attached hydrogens (tertiary/aromatic N) is 1. The zero-order valence-corrected chi connectivity index (χ0v) is 16.7. The zero-order chi connectivity index (χ0) is 19.3. The number of morpholine rings is 1. The van der Waals surface area contributed by atoms with Crippen LogP contribution in [0, 0.1) is 19.3 Å². The molecule has 0 atom stereocenters. The fraction of sp³-hybridized carbons (Fsp3) is 0.579. The highest BCUT2D eigenvalue weighted by molar-refractivity contribution is 6.34. The third-order valence-corrected chi connectivity index (χ3v) is 4.92. The Labute approximate surface area is 160 Å². The van der Waals surface area contributed by atoms with E-state index in [1.54, 1.807) is 19.9 Å². The van der Waals surface area contributed by atoms with Crippen LogP contribution in [0.2, 0.25) is 5.02 Å². The molecule has 26 heavy (non-hydrogen) atoms. The Morgan fingerprint density at radius 3 is 2.46 bits per heavy atom. The lowest BCUT2D eigenvalue weighted by Crippen LogP contribution is -2.48. The first kappa shape index (κ1) is 20.7. The number of ether oxygens (including phenoxy) is 1. The molecule has 1 fully saturated rings. The third kappa shape index (κ3) is 5.19. The lowest BCUT2D eigenvalue weighted by molar-refractivity contribution is -0.138. The molecule has 0 unspecified atom stereocenters. The number of amides is 2. The molecular formula is C19H28ClN3O3. The average Bonchev–Trinajstić information content (AvgIpc) is 2.58. The predicted octanol–water partition coefficient (Wildman–Crippen LogP) is 2.37. The summed E-state index contributed by atoms with van der Waals surface area (Å²) in [7, 11) is 0. The van der Waals surface area contributed by atoms with Crippen LogP contribution in [0.15, 0.2) is 12.1 Å². The van der Waals surface area contributed by atoms with Crippen molar-refractivity contribution in [3.8, 4) is 0 Å². The van der Waals surface area contributed by atoms with Gasteiger partial charge in [-0.1, -0.05) is 17.7 Å². The summed E-state index contributed by atoms with van der Waals surface area (Å²) in [4.78, 5) is 27.4. The van der Waals surface area contributed by atoms with E-state index in [1.165, 1.54) is 0 Å². The van der Waals surface area contributed by atoms with Gasteiger partial charge in [0.05, 0.1) is 23.9 Å². The number of halogens is 1. The van der Waals surface area contributed by atoms with Crippen LogP contribution in [0.25, 0.3) is 0 Å². The van der Waals surface area contributed by atoms with Crippen molar-refractivity contribution in [2.24, 2.45) is 5.41 Å². The maximum Gasteiger partial charge on any atom is 0.239 e. The Kier molecular flexibility index (Phi) is 7.03. The summed E-state index contributed by atoms with van der Waals surface area (Å²) in [5.74, 6) is -0.681. The SMILES string of the molecule is Cc1cc(C)c(NC(=O)C(C)(C)C(=O)NCCN2CCOCC2)c(Cl)c1. The number of nitrogens with one attached hydrogen (secondary N) is 2. The summed E-state index contributed by atoms with van der Waals surface area (Å²) >= 11 is 6.25. The summed E-state index contributed by atoms with van der Waals surface area (Å²) in [5.41, 5.74) is 1.24. The number of aryl methyl sites for hydroxylation is 2. The second-order valence-electron chi connectivity index (χ2n) is 7.23. The zero-order valence-electron chi connectivity index (χ0n) is 15.9. The van der Waals surface area contributed by atoms with Gasteiger partial charge in [0.15, 0.2) is 0 Å². The van der Waals surface area contributed by atoms with Crippen molar-refractivity contribution in [3.63, 3.8) is 0 Å². The minimum absolute atomic E-state index is 0.302. The minimum atomic E-state index is -1.20. The maximum absolute atomic E-state index is 12.7. The monoisotopic (exact) mass is 381 g/mol. The van der Waals surface area contributed by atoms with Gasteiger partial charge >= 0.3 is 0 Å². The van der Waals surface area contributed by atoms with Gasteiger partial charge in [0.25, 0.3) is 0 Å². The van der Waals surface area contributed by atoms with E-state index in [9.17, 15) is 9.59 Å². The van der Waals surface area contributed by atoms with Crippen molar-refractivity contribution in [1.82, 2.24) is 10.2 Å². The van der Waals surface area contributed by atoms with Gasteiger partial charge in [-0.3, -0.25) is 14.5 Å². The standard InChI is InChI=1S/C19H28ClN3O3/c1-13-11-14(2)16(15(20)12-13)22-18(25)19(3,4)17(24)21-5-6-23-7-9-26-10-8-23/h11-12H,5-10H2,1-4H3,(H,21,24)(H,22,25). The van der Waals surface area contributed by atoms with Crippen molar-refractivity contribution < 1.29 is 14.3 Å². The van der Waals surface area contributed by atoms with Crippen LogP contribution in [0.5, 0.6) is 0 Å². The molecule has 2 rings (SSSR count).